The fraction of sp³-hybridized carbons (Fsp3) is 0.105. The van der Waals surface area contributed by atoms with E-state index in [2.05, 4.69) is 11.6 Å². The van der Waals surface area contributed by atoms with Crippen LogP contribution in [-0.4, -0.2) is 22.9 Å². The molecule has 0 saturated heterocycles. The van der Waals surface area contributed by atoms with Crippen LogP contribution in [0.25, 0.3) is 11.3 Å². The second-order valence-corrected chi connectivity index (χ2v) is 5.95. The van der Waals surface area contributed by atoms with Gasteiger partial charge < -0.3 is 4.90 Å². The van der Waals surface area contributed by atoms with Gasteiger partial charge in [-0.25, -0.2) is 17.6 Å². The van der Waals surface area contributed by atoms with Crippen molar-refractivity contribution in [3.63, 3.8) is 0 Å². The molecule has 0 atom stereocenters. The van der Waals surface area contributed by atoms with E-state index < -0.39 is 30.2 Å². The van der Waals surface area contributed by atoms with E-state index >= 15 is 0 Å². The second-order valence-electron chi connectivity index (χ2n) is 5.55. The normalized spacial score (nSPS) is 14.9. The Kier molecular flexibility index (Phi) is 5.13. The highest BCUT2D eigenvalue weighted by Crippen LogP contribution is 2.42. The summed E-state index contributed by atoms with van der Waals surface area (Å²) in [5, 5.41) is 0.114. The number of halogens is 5. The quantitative estimate of drug-likeness (QED) is 0.656. The molecule has 1 aromatic heterocycles. The van der Waals surface area contributed by atoms with Crippen LogP contribution in [0.5, 0.6) is 0 Å². The van der Waals surface area contributed by atoms with Gasteiger partial charge in [0.25, 0.3) is 6.43 Å². The number of aromatic nitrogens is 1. The summed E-state index contributed by atoms with van der Waals surface area (Å²) in [4.78, 5) is 4.49. The molecule has 26 heavy (non-hydrogen) atoms. The second kappa shape index (κ2) is 7.33. The zero-order valence-electron chi connectivity index (χ0n) is 13.4. The first-order valence-electron chi connectivity index (χ1n) is 7.61. The third-order valence-corrected chi connectivity index (χ3v) is 4.22. The fourth-order valence-corrected chi connectivity index (χ4v) is 2.98. The lowest BCUT2D eigenvalue weighted by Gasteiger charge is -2.34. The first-order chi connectivity index (χ1) is 12.4. The standard InChI is InChI=1S/C19H13ClF4N2/c1-11-14(20)7-13(12-5-3-2-4-6-12)19(26(11)10-17(23)24)18-15(21)8-25-9-16(18)22/h2-9,17H,1,10H2. The predicted molar refractivity (Wildman–Crippen MR) is 93.2 cm³/mol. The van der Waals surface area contributed by atoms with Gasteiger partial charge in [0.05, 0.1) is 40.9 Å². The number of alkyl halides is 2. The van der Waals surface area contributed by atoms with Crippen LogP contribution in [-0.2, 0) is 0 Å². The van der Waals surface area contributed by atoms with E-state index in [0.29, 0.717) is 11.1 Å². The van der Waals surface area contributed by atoms with Gasteiger partial charge in [-0.2, -0.15) is 0 Å². The Morgan fingerprint density at radius 3 is 2.27 bits per heavy atom. The lowest BCUT2D eigenvalue weighted by Crippen LogP contribution is -2.30. The molecule has 134 valence electrons. The highest BCUT2D eigenvalue weighted by Gasteiger charge is 2.31. The Morgan fingerprint density at radius 2 is 1.69 bits per heavy atom. The van der Waals surface area contributed by atoms with Gasteiger partial charge in [-0.1, -0.05) is 48.5 Å². The number of nitrogens with zero attached hydrogens (tertiary/aromatic N) is 2. The van der Waals surface area contributed by atoms with Gasteiger partial charge in [-0.15, -0.1) is 0 Å². The number of hydrogen-bond acceptors (Lipinski definition) is 2. The Labute approximate surface area is 152 Å². The van der Waals surface area contributed by atoms with Crippen molar-refractivity contribution in [2.45, 2.75) is 6.43 Å². The van der Waals surface area contributed by atoms with E-state index in [4.69, 9.17) is 11.6 Å². The molecular formula is C19H13ClF4N2. The Hall–Kier alpha value is -2.60. The lowest BCUT2D eigenvalue weighted by atomic mass is 9.94. The molecule has 0 N–H and O–H groups in total. The highest BCUT2D eigenvalue weighted by atomic mass is 35.5. The predicted octanol–water partition coefficient (Wildman–Crippen LogP) is 5.45. The van der Waals surface area contributed by atoms with Crippen LogP contribution in [0.3, 0.4) is 0 Å². The number of rotatable bonds is 4. The van der Waals surface area contributed by atoms with Crippen LogP contribution < -0.4 is 0 Å². The fourth-order valence-electron chi connectivity index (χ4n) is 2.77. The van der Waals surface area contributed by atoms with Crippen LogP contribution in [0.4, 0.5) is 17.6 Å². The van der Waals surface area contributed by atoms with E-state index in [-0.39, 0.29) is 16.4 Å². The van der Waals surface area contributed by atoms with Crippen LogP contribution in [0, 0.1) is 11.6 Å². The number of allylic oxidation sites excluding steroid dienone is 3. The molecule has 0 aliphatic carbocycles. The van der Waals surface area contributed by atoms with Crippen LogP contribution in [0.2, 0.25) is 0 Å². The molecule has 0 spiro atoms. The molecule has 0 unspecified atom stereocenters. The van der Waals surface area contributed by atoms with Gasteiger partial charge in [0.1, 0.15) is 0 Å². The highest BCUT2D eigenvalue weighted by molar-refractivity contribution is 6.33. The van der Waals surface area contributed by atoms with Gasteiger partial charge in [-0.3, -0.25) is 4.98 Å². The maximum atomic E-state index is 14.4. The van der Waals surface area contributed by atoms with Crippen molar-refractivity contribution >= 4 is 22.9 Å². The van der Waals surface area contributed by atoms with Crippen LogP contribution >= 0.6 is 11.6 Å². The average Bonchev–Trinajstić information content (AvgIpc) is 2.60. The minimum atomic E-state index is -2.77. The van der Waals surface area contributed by atoms with Crippen LogP contribution in [0.15, 0.2) is 66.1 Å². The third kappa shape index (κ3) is 3.37. The molecule has 0 bridgehead atoms. The van der Waals surface area contributed by atoms with Gasteiger partial charge >= 0.3 is 0 Å². The summed E-state index contributed by atoms with van der Waals surface area (Å²) in [5.41, 5.74) is 0.400. The minimum Gasteiger partial charge on any atom is -0.334 e. The average molecular weight is 381 g/mol. The molecule has 2 aromatic rings. The molecule has 0 saturated carbocycles. The number of hydrogen-bond donors (Lipinski definition) is 0. The van der Waals surface area contributed by atoms with E-state index in [1.165, 1.54) is 6.08 Å². The molecule has 1 aliphatic heterocycles. The van der Waals surface area contributed by atoms with Crippen LogP contribution in [0.1, 0.15) is 11.1 Å². The molecule has 2 heterocycles. The molecule has 2 nitrogen and oxygen atoms in total. The zero-order chi connectivity index (χ0) is 18.8. The summed E-state index contributed by atoms with van der Waals surface area (Å²) in [5.74, 6) is -1.93. The molecule has 0 radical (unpaired) electrons. The SMILES string of the molecule is C=C1C(Cl)=CC(c2ccccc2)=C(c2c(F)cncc2F)N1CC(F)F. The summed E-state index contributed by atoms with van der Waals surface area (Å²) < 4.78 is 55.2. The summed E-state index contributed by atoms with van der Waals surface area (Å²) in [6, 6.07) is 8.61. The Balaban J connectivity index is 2.35. The van der Waals surface area contributed by atoms with Crippen molar-refractivity contribution < 1.29 is 17.6 Å². The van der Waals surface area contributed by atoms with Crippen molar-refractivity contribution in [2.24, 2.45) is 0 Å². The molecule has 0 fully saturated rings. The number of benzene rings is 1. The molecule has 1 aromatic carbocycles. The molecule has 1 aliphatic rings. The topological polar surface area (TPSA) is 16.1 Å². The first kappa shape index (κ1) is 18.2. The first-order valence-corrected chi connectivity index (χ1v) is 7.99. The summed E-state index contributed by atoms with van der Waals surface area (Å²) in [6.45, 7) is 2.88. The Morgan fingerprint density at radius 1 is 1.08 bits per heavy atom. The molecule has 3 rings (SSSR count). The summed E-state index contributed by atoms with van der Waals surface area (Å²) in [6.07, 6.45) is 0.360. The van der Waals surface area contributed by atoms with Crippen molar-refractivity contribution in [3.05, 3.63) is 88.9 Å². The molecule has 7 heteroatoms. The smallest absolute Gasteiger partial charge is 0.256 e. The minimum absolute atomic E-state index is 0.0391. The Bertz CT molecular complexity index is 887. The lowest BCUT2D eigenvalue weighted by molar-refractivity contribution is 0.123. The van der Waals surface area contributed by atoms with Crippen molar-refractivity contribution in [3.8, 4) is 0 Å². The van der Waals surface area contributed by atoms with Gasteiger partial charge in [0.15, 0.2) is 11.6 Å². The van der Waals surface area contributed by atoms with Crippen molar-refractivity contribution in [1.82, 2.24) is 9.88 Å². The van der Waals surface area contributed by atoms with E-state index in [1.807, 2.05) is 0 Å². The third-order valence-electron chi connectivity index (χ3n) is 3.89. The maximum absolute atomic E-state index is 14.4. The monoisotopic (exact) mass is 380 g/mol. The maximum Gasteiger partial charge on any atom is 0.256 e. The van der Waals surface area contributed by atoms with E-state index in [9.17, 15) is 17.6 Å². The largest absolute Gasteiger partial charge is 0.334 e. The van der Waals surface area contributed by atoms with Gasteiger partial charge in [-0.05, 0) is 11.6 Å². The van der Waals surface area contributed by atoms with E-state index in [0.717, 1.165) is 17.3 Å². The summed E-state index contributed by atoms with van der Waals surface area (Å²) in [7, 11) is 0. The van der Waals surface area contributed by atoms with E-state index in [1.54, 1.807) is 30.3 Å². The molecule has 0 amide bonds. The van der Waals surface area contributed by atoms with Gasteiger partial charge in [0, 0.05) is 5.57 Å². The molecular weight excluding hydrogens is 368 g/mol. The number of pyridine rings is 1. The van der Waals surface area contributed by atoms with Crippen molar-refractivity contribution in [2.75, 3.05) is 6.54 Å². The van der Waals surface area contributed by atoms with Gasteiger partial charge in [0.2, 0.25) is 0 Å². The van der Waals surface area contributed by atoms with Crippen molar-refractivity contribution in [1.29, 1.82) is 0 Å². The summed E-state index contributed by atoms with van der Waals surface area (Å²) >= 11 is 6.16. The zero-order valence-corrected chi connectivity index (χ0v) is 14.2.